The van der Waals surface area contributed by atoms with Crippen LogP contribution in [-0.2, 0) is 6.18 Å². The SMILES string of the molecule is O=C(N[C@@H]1CCN(c2ccc(C(F)(F)F)cn2)C1)c1cc(-c2cccs2)[nH]n1. The summed E-state index contributed by atoms with van der Waals surface area (Å²) in [6.45, 7) is 1.08. The number of rotatable bonds is 4. The normalized spacial score (nSPS) is 17.1. The van der Waals surface area contributed by atoms with Gasteiger partial charge in [-0.2, -0.15) is 18.3 Å². The lowest BCUT2D eigenvalue weighted by Gasteiger charge is -2.18. The maximum absolute atomic E-state index is 12.6. The van der Waals surface area contributed by atoms with Crippen LogP contribution in [0, 0.1) is 0 Å². The Morgan fingerprint density at radius 2 is 2.18 bits per heavy atom. The molecule has 2 N–H and O–H groups in total. The summed E-state index contributed by atoms with van der Waals surface area (Å²) in [5.74, 6) is 0.177. The summed E-state index contributed by atoms with van der Waals surface area (Å²) in [6.07, 6.45) is -2.90. The molecule has 10 heteroatoms. The van der Waals surface area contributed by atoms with Crippen molar-refractivity contribution < 1.29 is 18.0 Å². The van der Waals surface area contributed by atoms with Crippen LogP contribution in [0.2, 0.25) is 0 Å². The molecular formula is C18H16F3N5OS. The average molecular weight is 407 g/mol. The molecule has 0 saturated carbocycles. The number of nitrogens with one attached hydrogen (secondary N) is 2. The molecule has 1 aliphatic heterocycles. The van der Waals surface area contributed by atoms with Crippen molar-refractivity contribution in [2.45, 2.75) is 18.6 Å². The number of H-pyrrole nitrogens is 1. The van der Waals surface area contributed by atoms with Gasteiger partial charge in [0, 0.05) is 25.3 Å². The minimum Gasteiger partial charge on any atom is -0.354 e. The van der Waals surface area contributed by atoms with Crippen LogP contribution in [0.4, 0.5) is 19.0 Å². The molecule has 1 saturated heterocycles. The second kappa shape index (κ2) is 7.27. The molecule has 1 amide bonds. The summed E-state index contributed by atoms with van der Waals surface area (Å²) in [4.78, 5) is 19.2. The number of aromatic amines is 1. The maximum Gasteiger partial charge on any atom is 0.417 e. The third-order valence-corrected chi connectivity index (χ3v) is 5.42. The first-order valence-electron chi connectivity index (χ1n) is 8.58. The van der Waals surface area contributed by atoms with Crippen molar-refractivity contribution in [2.75, 3.05) is 18.0 Å². The summed E-state index contributed by atoms with van der Waals surface area (Å²) in [5.41, 5.74) is 0.303. The lowest BCUT2D eigenvalue weighted by molar-refractivity contribution is -0.137. The van der Waals surface area contributed by atoms with E-state index in [4.69, 9.17) is 0 Å². The van der Waals surface area contributed by atoms with Gasteiger partial charge in [-0.25, -0.2) is 4.98 Å². The summed E-state index contributed by atoms with van der Waals surface area (Å²) < 4.78 is 37.9. The number of thiophene rings is 1. The Labute approximate surface area is 162 Å². The molecule has 1 fully saturated rings. The van der Waals surface area contributed by atoms with E-state index in [1.54, 1.807) is 17.4 Å². The van der Waals surface area contributed by atoms with Gasteiger partial charge in [-0.3, -0.25) is 9.89 Å². The molecule has 1 atom stereocenters. The quantitative estimate of drug-likeness (QED) is 0.694. The Morgan fingerprint density at radius 3 is 2.86 bits per heavy atom. The lowest BCUT2D eigenvalue weighted by atomic mass is 10.2. The molecule has 0 aliphatic carbocycles. The van der Waals surface area contributed by atoms with Crippen molar-refractivity contribution in [3.05, 3.63) is 53.2 Å². The van der Waals surface area contributed by atoms with Crippen LogP contribution in [0.25, 0.3) is 10.6 Å². The molecule has 3 aromatic rings. The number of carbonyl (C=O) groups is 1. The third-order valence-electron chi connectivity index (χ3n) is 4.52. The van der Waals surface area contributed by atoms with Crippen LogP contribution >= 0.6 is 11.3 Å². The van der Waals surface area contributed by atoms with E-state index in [1.165, 1.54) is 6.07 Å². The molecule has 4 heterocycles. The average Bonchev–Trinajstić information content (AvgIpc) is 3.41. The standard InChI is InChI=1S/C18H16F3N5OS/c19-18(20,21)11-3-4-16(22-9-11)26-6-5-12(10-26)23-17(27)14-8-13(24-25-14)15-2-1-7-28-15/h1-4,7-9,12H,5-6,10H2,(H,23,27)(H,24,25)/t12-/m1/s1. The fraction of sp³-hybridized carbons (Fsp3) is 0.278. The van der Waals surface area contributed by atoms with E-state index in [-0.39, 0.29) is 11.9 Å². The molecular weight excluding hydrogens is 391 g/mol. The monoisotopic (exact) mass is 407 g/mol. The lowest BCUT2D eigenvalue weighted by Crippen LogP contribution is -2.37. The Balaban J connectivity index is 1.36. The fourth-order valence-corrected chi connectivity index (χ4v) is 3.77. The molecule has 1 aliphatic rings. The van der Waals surface area contributed by atoms with Crippen LogP contribution in [-0.4, -0.2) is 40.2 Å². The summed E-state index contributed by atoms with van der Waals surface area (Å²) in [6, 6.07) is 7.80. The second-order valence-electron chi connectivity index (χ2n) is 6.45. The van der Waals surface area contributed by atoms with Crippen LogP contribution in [0.1, 0.15) is 22.5 Å². The highest BCUT2D eigenvalue weighted by Crippen LogP contribution is 2.30. The van der Waals surface area contributed by atoms with Gasteiger partial charge in [0.25, 0.3) is 5.91 Å². The fourth-order valence-electron chi connectivity index (χ4n) is 3.08. The molecule has 3 aromatic heterocycles. The van der Waals surface area contributed by atoms with Crippen LogP contribution < -0.4 is 10.2 Å². The van der Waals surface area contributed by atoms with Gasteiger partial charge in [-0.1, -0.05) is 6.07 Å². The second-order valence-corrected chi connectivity index (χ2v) is 7.40. The zero-order valence-corrected chi connectivity index (χ0v) is 15.3. The number of hydrogen-bond acceptors (Lipinski definition) is 5. The van der Waals surface area contributed by atoms with Crippen molar-refractivity contribution in [3.63, 3.8) is 0 Å². The molecule has 0 bridgehead atoms. The van der Waals surface area contributed by atoms with Crippen molar-refractivity contribution in [3.8, 4) is 10.6 Å². The number of pyridine rings is 1. The Hall–Kier alpha value is -2.88. The molecule has 0 spiro atoms. The van der Waals surface area contributed by atoms with Gasteiger partial charge in [-0.15, -0.1) is 11.3 Å². The zero-order chi connectivity index (χ0) is 19.7. The molecule has 4 rings (SSSR count). The van der Waals surface area contributed by atoms with Gasteiger partial charge in [0.05, 0.1) is 16.1 Å². The van der Waals surface area contributed by atoms with E-state index in [2.05, 4.69) is 20.5 Å². The highest BCUT2D eigenvalue weighted by atomic mass is 32.1. The molecule has 0 unspecified atom stereocenters. The predicted molar refractivity (Wildman–Crippen MR) is 99.2 cm³/mol. The number of aromatic nitrogens is 3. The van der Waals surface area contributed by atoms with Crippen LogP contribution in [0.15, 0.2) is 41.9 Å². The molecule has 146 valence electrons. The first-order valence-corrected chi connectivity index (χ1v) is 9.46. The van der Waals surface area contributed by atoms with Crippen molar-refractivity contribution in [1.29, 1.82) is 0 Å². The molecule has 0 radical (unpaired) electrons. The number of carbonyl (C=O) groups excluding carboxylic acids is 1. The van der Waals surface area contributed by atoms with E-state index in [1.807, 2.05) is 22.4 Å². The largest absolute Gasteiger partial charge is 0.417 e. The predicted octanol–water partition coefficient (Wildman–Crippen LogP) is 3.56. The Kier molecular flexibility index (Phi) is 4.80. The van der Waals surface area contributed by atoms with Gasteiger partial charge in [0.15, 0.2) is 5.69 Å². The van der Waals surface area contributed by atoms with E-state index in [9.17, 15) is 18.0 Å². The van der Waals surface area contributed by atoms with Gasteiger partial charge in [0.1, 0.15) is 5.82 Å². The Morgan fingerprint density at radius 1 is 1.32 bits per heavy atom. The Bertz CT molecular complexity index is 953. The topological polar surface area (TPSA) is 73.9 Å². The highest BCUT2D eigenvalue weighted by molar-refractivity contribution is 7.13. The molecule has 0 aromatic carbocycles. The van der Waals surface area contributed by atoms with E-state index < -0.39 is 11.7 Å². The van der Waals surface area contributed by atoms with Crippen molar-refractivity contribution >= 4 is 23.1 Å². The number of alkyl halides is 3. The summed E-state index contributed by atoms with van der Waals surface area (Å²) >= 11 is 1.55. The van der Waals surface area contributed by atoms with Gasteiger partial charge in [0.2, 0.25) is 0 Å². The number of hydrogen-bond donors (Lipinski definition) is 2. The minimum absolute atomic E-state index is 0.126. The number of nitrogens with zero attached hydrogens (tertiary/aromatic N) is 3. The number of halogens is 3. The van der Waals surface area contributed by atoms with Crippen LogP contribution in [0.5, 0.6) is 0 Å². The van der Waals surface area contributed by atoms with Crippen molar-refractivity contribution in [1.82, 2.24) is 20.5 Å². The van der Waals surface area contributed by atoms with E-state index in [0.29, 0.717) is 31.0 Å². The molecule has 28 heavy (non-hydrogen) atoms. The summed E-state index contributed by atoms with van der Waals surface area (Å²) in [5, 5.41) is 11.8. The van der Waals surface area contributed by atoms with E-state index >= 15 is 0 Å². The highest BCUT2D eigenvalue weighted by Gasteiger charge is 2.31. The van der Waals surface area contributed by atoms with Gasteiger partial charge >= 0.3 is 6.18 Å². The first-order chi connectivity index (χ1) is 13.4. The van der Waals surface area contributed by atoms with E-state index in [0.717, 1.165) is 22.8 Å². The number of anilines is 1. The van der Waals surface area contributed by atoms with Crippen molar-refractivity contribution in [2.24, 2.45) is 0 Å². The van der Waals surface area contributed by atoms with Gasteiger partial charge < -0.3 is 10.2 Å². The zero-order valence-electron chi connectivity index (χ0n) is 14.5. The first kappa shape index (κ1) is 18.5. The minimum atomic E-state index is -4.40. The van der Waals surface area contributed by atoms with Crippen LogP contribution in [0.3, 0.4) is 0 Å². The number of amides is 1. The maximum atomic E-state index is 12.6. The smallest absolute Gasteiger partial charge is 0.354 e. The molecule has 6 nitrogen and oxygen atoms in total. The van der Waals surface area contributed by atoms with Gasteiger partial charge in [-0.05, 0) is 36.1 Å². The summed E-state index contributed by atoms with van der Waals surface area (Å²) in [7, 11) is 0. The third kappa shape index (κ3) is 3.86.